The largest absolute Gasteiger partial charge is 0.481 e. The molecule has 2 saturated carbocycles. The zero-order chi connectivity index (χ0) is 21.0. The average Bonchev–Trinajstić information content (AvgIpc) is 3.46. The van der Waals surface area contributed by atoms with Crippen molar-refractivity contribution in [2.45, 2.75) is 57.9 Å². The minimum Gasteiger partial charge on any atom is -0.481 e. The number of hydrogen-bond acceptors (Lipinski definition) is 4. The van der Waals surface area contributed by atoms with Crippen LogP contribution < -0.4 is 10.6 Å². The molecule has 7 heteroatoms. The van der Waals surface area contributed by atoms with Crippen LogP contribution in [0.3, 0.4) is 0 Å². The number of nitrogens with one attached hydrogen (secondary N) is 2. The van der Waals surface area contributed by atoms with E-state index in [0.29, 0.717) is 16.5 Å². The van der Waals surface area contributed by atoms with E-state index in [1.54, 1.807) is 0 Å². The number of aliphatic carboxylic acids is 1. The normalized spacial score (nSPS) is 31.8. The number of carbonyl (C=O) groups is 3. The Hall–Kier alpha value is -2.15. The van der Waals surface area contributed by atoms with Gasteiger partial charge in [0.1, 0.15) is 5.00 Å². The van der Waals surface area contributed by atoms with E-state index < -0.39 is 17.8 Å². The van der Waals surface area contributed by atoms with Gasteiger partial charge in [0, 0.05) is 10.9 Å². The lowest BCUT2D eigenvalue weighted by molar-refractivity contribution is -0.151. The van der Waals surface area contributed by atoms with Crippen LogP contribution in [0.25, 0.3) is 0 Å². The van der Waals surface area contributed by atoms with Crippen molar-refractivity contribution in [2.24, 2.45) is 29.6 Å². The summed E-state index contributed by atoms with van der Waals surface area (Å²) < 4.78 is 0. The van der Waals surface area contributed by atoms with Crippen LogP contribution in [0.4, 0.5) is 5.00 Å². The number of carboxylic acids is 1. The molecule has 0 unspecified atom stereocenters. The molecule has 5 aliphatic carbocycles. The van der Waals surface area contributed by atoms with Gasteiger partial charge >= 0.3 is 5.97 Å². The number of hydrogen-bond donors (Lipinski definition) is 3. The van der Waals surface area contributed by atoms with Crippen LogP contribution in [0.5, 0.6) is 0 Å². The maximum Gasteiger partial charge on any atom is 0.307 e. The average molecular weight is 429 g/mol. The molecular weight excluding hydrogens is 400 g/mol. The fraction of sp³-hybridized carbons (Fsp3) is 0.609. The third-order valence-electron chi connectivity index (χ3n) is 7.22. The monoisotopic (exact) mass is 428 g/mol. The zero-order valence-corrected chi connectivity index (χ0v) is 18.0. The molecule has 0 aliphatic heterocycles. The third kappa shape index (κ3) is 3.47. The molecule has 2 bridgehead atoms. The number of fused-ring (bicyclic) bond motifs is 3. The second-order valence-corrected chi connectivity index (χ2v) is 10.6. The molecule has 2 amide bonds. The molecule has 1 aromatic heterocycles. The highest BCUT2D eigenvalue weighted by atomic mass is 32.1. The fourth-order valence-corrected chi connectivity index (χ4v) is 6.86. The number of amides is 2. The zero-order valence-electron chi connectivity index (χ0n) is 17.1. The van der Waals surface area contributed by atoms with Gasteiger partial charge in [-0.05, 0) is 68.3 Å². The number of thiophene rings is 1. The van der Waals surface area contributed by atoms with Crippen molar-refractivity contribution in [3.8, 4) is 0 Å². The summed E-state index contributed by atoms with van der Waals surface area (Å²) in [6.45, 7) is 2.22. The van der Waals surface area contributed by atoms with E-state index in [0.717, 1.165) is 50.5 Å². The highest BCUT2D eigenvalue weighted by Gasteiger charge is 2.48. The summed E-state index contributed by atoms with van der Waals surface area (Å²) in [5.74, 6) is -2.09. The molecule has 160 valence electrons. The second-order valence-electron chi connectivity index (χ2n) is 9.47. The van der Waals surface area contributed by atoms with E-state index in [1.807, 2.05) is 12.2 Å². The molecule has 2 fully saturated rings. The van der Waals surface area contributed by atoms with Gasteiger partial charge in [0.25, 0.3) is 5.91 Å². The maximum atomic E-state index is 13.3. The van der Waals surface area contributed by atoms with Crippen LogP contribution in [0, 0.1) is 29.6 Å². The summed E-state index contributed by atoms with van der Waals surface area (Å²) in [6.07, 6.45) is 10.5. The van der Waals surface area contributed by atoms with E-state index >= 15 is 0 Å². The van der Waals surface area contributed by atoms with Crippen LogP contribution in [0.2, 0.25) is 0 Å². The van der Waals surface area contributed by atoms with Gasteiger partial charge < -0.3 is 15.7 Å². The molecule has 6 rings (SSSR count). The predicted octanol–water partition coefficient (Wildman–Crippen LogP) is 3.62. The van der Waals surface area contributed by atoms with Crippen LogP contribution in [0.1, 0.15) is 59.8 Å². The summed E-state index contributed by atoms with van der Waals surface area (Å²) in [6, 6.07) is 0.245. The number of rotatable bonds is 5. The molecule has 30 heavy (non-hydrogen) atoms. The molecule has 5 atom stereocenters. The first kappa shape index (κ1) is 19.8. The molecular formula is C23H28N2O4S. The molecule has 0 aromatic carbocycles. The van der Waals surface area contributed by atoms with Crippen LogP contribution in [-0.4, -0.2) is 28.9 Å². The minimum absolute atomic E-state index is 0.0468. The van der Waals surface area contributed by atoms with Crippen molar-refractivity contribution in [3.05, 3.63) is 28.2 Å². The Balaban J connectivity index is 1.45. The summed E-state index contributed by atoms with van der Waals surface area (Å²) in [5.41, 5.74) is 1.69. The lowest BCUT2D eigenvalue weighted by atomic mass is 9.62. The highest BCUT2D eigenvalue weighted by molar-refractivity contribution is 7.17. The van der Waals surface area contributed by atoms with Crippen LogP contribution in [-0.2, 0) is 22.4 Å². The Morgan fingerprint density at radius 2 is 1.73 bits per heavy atom. The van der Waals surface area contributed by atoms with Crippen LogP contribution in [0.15, 0.2) is 12.2 Å². The van der Waals surface area contributed by atoms with Gasteiger partial charge in [-0.1, -0.05) is 19.1 Å². The maximum absolute atomic E-state index is 13.3. The van der Waals surface area contributed by atoms with Crippen molar-refractivity contribution >= 4 is 34.1 Å². The molecule has 3 N–H and O–H groups in total. The first-order valence-electron chi connectivity index (χ1n) is 11.1. The van der Waals surface area contributed by atoms with Gasteiger partial charge in [0.15, 0.2) is 0 Å². The van der Waals surface area contributed by atoms with E-state index in [-0.39, 0.29) is 29.7 Å². The SMILES string of the molecule is C[C@@H]1CCc2c(sc(NC(=O)[C@H]3[C@H](C(=O)O)[C@H]4C=C[C@H]3CC4)c2C(=O)NC2CC2)C1. The first-order valence-corrected chi connectivity index (χ1v) is 11.9. The Morgan fingerprint density at radius 3 is 2.37 bits per heavy atom. The molecule has 1 aromatic rings. The second kappa shape index (κ2) is 7.52. The summed E-state index contributed by atoms with van der Waals surface area (Å²) in [7, 11) is 0. The number of carboxylic acid groups (broad SMARTS) is 1. The fourth-order valence-electron chi connectivity index (χ4n) is 5.45. The number of anilines is 1. The van der Waals surface area contributed by atoms with Gasteiger partial charge in [-0.2, -0.15) is 0 Å². The standard InChI is InChI=1S/C23H28N2O4S/c1-11-2-9-15-16(10-11)30-22(19(15)21(27)24-14-7-8-14)25-20(26)17-12-3-5-13(6-4-12)18(17)23(28)29/h3,5,11-14,17-18H,2,4,6-10H2,1H3,(H,24,27)(H,25,26)(H,28,29)/t11-,12+,13+,17-,18-/m1/s1. The quantitative estimate of drug-likeness (QED) is 0.624. The van der Waals surface area contributed by atoms with Gasteiger partial charge in [-0.3, -0.25) is 14.4 Å². The Morgan fingerprint density at radius 1 is 1.03 bits per heavy atom. The first-order chi connectivity index (χ1) is 14.4. The summed E-state index contributed by atoms with van der Waals surface area (Å²) >= 11 is 1.51. The van der Waals surface area contributed by atoms with E-state index in [4.69, 9.17) is 0 Å². The summed E-state index contributed by atoms with van der Waals surface area (Å²) in [5, 5.41) is 16.5. The molecule has 0 spiro atoms. The molecule has 0 radical (unpaired) electrons. The van der Waals surface area contributed by atoms with Gasteiger partial charge in [0.2, 0.25) is 5.91 Å². The third-order valence-corrected chi connectivity index (χ3v) is 8.39. The topological polar surface area (TPSA) is 95.5 Å². The highest BCUT2D eigenvalue weighted by Crippen LogP contribution is 2.46. The van der Waals surface area contributed by atoms with Gasteiger partial charge in [-0.25, -0.2) is 0 Å². The number of carbonyl (C=O) groups excluding carboxylic acids is 2. The van der Waals surface area contributed by atoms with E-state index in [1.165, 1.54) is 16.2 Å². The van der Waals surface area contributed by atoms with Gasteiger partial charge in [-0.15, -0.1) is 11.3 Å². The molecule has 1 heterocycles. The number of allylic oxidation sites excluding steroid dienone is 2. The lowest BCUT2D eigenvalue weighted by Crippen LogP contribution is -2.47. The Bertz CT molecular complexity index is 932. The smallest absolute Gasteiger partial charge is 0.307 e. The lowest BCUT2D eigenvalue weighted by Gasteiger charge is -2.41. The Labute approximate surface area is 180 Å². The van der Waals surface area contributed by atoms with Crippen molar-refractivity contribution in [2.75, 3.05) is 5.32 Å². The van der Waals surface area contributed by atoms with E-state index in [9.17, 15) is 19.5 Å². The Kier molecular flexibility index (Phi) is 4.96. The van der Waals surface area contributed by atoms with Crippen molar-refractivity contribution in [1.29, 1.82) is 0 Å². The molecule has 5 aliphatic rings. The van der Waals surface area contributed by atoms with Crippen molar-refractivity contribution in [3.63, 3.8) is 0 Å². The molecule has 0 saturated heterocycles. The van der Waals surface area contributed by atoms with Gasteiger partial charge in [0.05, 0.1) is 17.4 Å². The van der Waals surface area contributed by atoms with Crippen molar-refractivity contribution in [1.82, 2.24) is 5.32 Å². The van der Waals surface area contributed by atoms with Crippen LogP contribution >= 0.6 is 11.3 Å². The van der Waals surface area contributed by atoms with E-state index in [2.05, 4.69) is 17.6 Å². The van der Waals surface area contributed by atoms with Crippen molar-refractivity contribution < 1.29 is 19.5 Å². The molecule has 6 nitrogen and oxygen atoms in total. The summed E-state index contributed by atoms with van der Waals surface area (Å²) in [4.78, 5) is 39.5. The predicted molar refractivity (Wildman–Crippen MR) is 115 cm³/mol. The minimum atomic E-state index is -0.903.